The third-order valence-corrected chi connectivity index (χ3v) is 9.22. The highest BCUT2D eigenvalue weighted by Crippen LogP contribution is 2.40. The van der Waals surface area contributed by atoms with Gasteiger partial charge in [-0.3, -0.25) is 9.55 Å². The van der Waals surface area contributed by atoms with E-state index in [1.54, 1.807) is 0 Å². The molecule has 0 bridgehead atoms. The highest BCUT2D eigenvalue weighted by Gasteiger charge is 2.27. The molecular formula is C39H36N4OS. The van der Waals surface area contributed by atoms with Crippen molar-refractivity contribution in [2.75, 3.05) is 0 Å². The summed E-state index contributed by atoms with van der Waals surface area (Å²) < 4.78 is 2.16. The van der Waals surface area contributed by atoms with Crippen molar-refractivity contribution >= 4 is 32.6 Å². The molecule has 3 aromatic heterocycles. The van der Waals surface area contributed by atoms with Gasteiger partial charge in [-0.25, -0.2) is 9.97 Å². The van der Waals surface area contributed by atoms with E-state index >= 15 is 0 Å². The van der Waals surface area contributed by atoms with Crippen molar-refractivity contribution in [2.24, 2.45) is 0 Å². The molecular weight excluding hydrogens is 573 g/mol. The smallest absolute Gasteiger partial charge is 0.176 e. The normalized spacial score (nSPS) is 12.3. The molecule has 6 heteroatoms. The van der Waals surface area contributed by atoms with E-state index in [0.29, 0.717) is 0 Å². The van der Waals surface area contributed by atoms with E-state index in [1.807, 2.05) is 18.3 Å². The van der Waals surface area contributed by atoms with Gasteiger partial charge in [0, 0.05) is 22.9 Å². The van der Waals surface area contributed by atoms with Gasteiger partial charge in [0.25, 0.3) is 0 Å². The molecule has 3 heterocycles. The molecule has 7 rings (SSSR count). The van der Waals surface area contributed by atoms with Crippen LogP contribution >= 0.6 is 11.3 Å². The van der Waals surface area contributed by atoms with Gasteiger partial charge in [0.15, 0.2) is 10.5 Å². The molecule has 4 aromatic carbocycles. The minimum absolute atomic E-state index is 0.0579. The van der Waals surface area contributed by atoms with Crippen molar-refractivity contribution in [3.8, 4) is 44.4 Å². The summed E-state index contributed by atoms with van der Waals surface area (Å²) in [7, 11) is 0. The molecule has 224 valence electrons. The molecule has 5 nitrogen and oxygen atoms in total. The summed E-state index contributed by atoms with van der Waals surface area (Å²) in [4.78, 5) is 15.8. The topological polar surface area (TPSA) is 63.8 Å². The standard InChI is InChI=1S/C39H36N4OS/c1-38(2,3)27-17-18-31(33(44)23-27)35-41-34-36(45-35)42-37(39(4,5)6)43(34)28-14-9-13-26(21-28)32-22-25(19-20-40-32)30-16-10-12-24-11-7-8-15-29(24)30/h7-23,44H,1-6H3. The van der Waals surface area contributed by atoms with Crippen molar-refractivity contribution in [2.45, 2.75) is 52.4 Å². The first-order chi connectivity index (χ1) is 21.5. The Bertz CT molecular complexity index is 2210. The number of phenols is 1. The minimum Gasteiger partial charge on any atom is -0.507 e. The first kappa shape index (κ1) is 28.9. The summed E-state index contributed by atoms with van der Waals surface area (Å²) in [6.07, 6.45) is 1.89. The van der Waals surface area contributed by atoms with Crippen molar-refractivity contribution in [3.05, 3.63) is 115 Å². The molecule has 0 saturated heterocycles. The van der Waals surface area contributed by atoms with Crippen molar-refractivity contribution in [1.82, 2.24) is 19.5 Å². The fourth-order valence-corrected chi connectivity index (χ4v) is 6.81. The van der Waals surface area contributed by atoms with Gasteiger partial charge in [-0.05, 0) is 69.3 Å². The molecule has 0 radical (unpaired) electrons. The first-order valence-electron chi connectivity index (χ1n) is 15.3. The molecule has 0 spiro atoms. The molecule has 0 aliphatic rings. The second kappa shape index (κ2) is 10.7. The Hall–Kier alpha value is -4.81. The van der Waals surface area contributed by atoms with Crippen LogP contribution in [-0.4, -0.2) is 24.6 Å². The van der Waals surface area contributed by atoms with Crippen LogP contribution in [-0.2, 0) is 10.8 Å². The van der Waals surface area contributed by atoms with E-state index in [4.69, 9.17) is 15.0 Å². The molecule has 1 N–H and O–H groups in total. The van der Waals surface area contributed by atoms with E-state index < -0.39 is 0 Å². The van der Waals surface area contributed by atoms with Crippen LogP contribution in [0.3, 0.4) is 0 Å². The van der Waals surface area contributed by atoms with Crippen LogP contribution in [0.25, 0.3) is 59.9 Å². The molecule has 0 unspecified atom stereocenters. The van der Waals surface area contributed by atoms with Crippen LogP contribution in [0.15, 0.2) is 103 Å². The minimum atomic E-state index is -0.223. The maximum absolute atomic E-state index is 11.0. The van der Waals surface area contributed by atoms with Gasteiger partial charge in [-0.15, -0.1) is 0 Å². The molecule has 0 amide bonds. The number of aromatic nitrogens is 4. The summed E-state index contributed by atoms with van der Waals surface area (Å²) in [5.41, 5.74) is 7.51. The largest absolute Gasteiger partial charge is 0.507 e. The fourth-order valence-electron chi connectivity index (χ4n) is 5.85. The van der Waals surface area contributed by atoms with Gasteiger partial charge in [-0.2, -0.15) is 0 Å². The lowest BCUT2D eigenvalue weighted by Crippen LogP contribution is -2.18. The van der Waals surface area contributed by atoms with E-state index in [-0.39, 0.29) is 16.6 Å². The molecule has 0 saturated carbocycles. The molecule has 0 atom stereocenters. The number of fused-ring (bicyclic) bond motifs is 2. The van der Waals surface area contributed by atoms with E-state index in [2.05, 4.69) is 131 Å². The number of nitrogens with zero attached hydrogens (tertiary/aromatic N) is 4. The van der Waals surface area contributed by atoms with E-state index in [0.717, 1.165) is 54.9 Å². The average molecular weight is 609 g/mol. The van der Waals surface area contributed by atoms with Gasteiger partial charge in [0.1, 0.15) is 16.6 Å². The summed E-state index contributed by atoms with van der Waals surface area (Å²) in [6, 6.07) is 33.5. The molecule has 7 aromatic rings. The Balaban J connectivity index is 1.33. The summed E-state index contributed by atoms with van der Waals surface area (Å²) >= 11 is 1.51. The highest BCUT2D eigenvalue weighted by atomic mass is 32.1. The van der Waals surface area contributed by atoms with Gasteiger partial charge in [0.2, 0.25) is 0 Å². The zero-order valence-electron chi connectivity index (χ0n) is 26.5. The quantitative estimate of drug-likeness (QED) is 0.216. The van der Waals surface area contributed by atoms with Gasteiger partial charge in [0.05, 0.1) is 11.3 Å². The summed E-state index contributed by atoms with van der Waals surface area (Å²) in [6.45, 7) is 12.9. The Morgan fingerprint density at radius 1 is 0.689 bits per heavy atom. The lowest BCUT2D eigenvalue weighted by molar-refractivity contribution is 0.473. The number of phenolic OH excluding ortho intramolecular Hbond substituents is 1. The maximum atomic E-state index is 11.0. The average Bonchev–Trinajstić information content (AvgIpc) is 3.59. The fraction of sp³-hybridized carbons (Fsp3) is 0.205. The predicted molar refractivity (Wildman–Crippen MR) is 187 cm³/mol. The number of thiazole rings is 1. The monoisotopic (exact) mass is 608 g/mol. The number of aromatic hydroxyl groups is 1. The molecule has 0 aliphatic heterocycles. The second-order valence-electron chi connectivity index (χ2n) is 13.7. The Morgan fingerprint density at radius 3 is 2.24 bits per heavy atom. The van der Waals surface area contributed by atoms with Crippen molar-refractivity contribution < 1.29 is 5.11 Å². The number of rotatable bonds is 4. The summed E-state index contributed by atoms with van der Waals surface area (Å²) in [5, 5.41) is 14.2. The SMILES string of the molecule is CC(C)(C)c1ccc(-c2nc3c(nc(C(C)(C)C)n3-c3cccc(-c4cc(-c5cccc6ccccc56)ccn4)c3)s2)c(O)c1. The highest BCUT2D eigenvalue weighted by molar-refractivity contribution is 7.21. The third kappa shape index (κ3) is 5.29. The molecule has 45 heavy (non-hydrogen) atoms. The van der Waals surface area contributed by atoms with Crippen LogP contribution in [0.5, 0.6) is 5.75 Å². The van der Waals surface area contributed by atoms with Gasteiger partial charge < -0.3 is 5.11 Å². The number of imidazole rings is 1. The van der Waals surface area contributed by atoms with Crippen molar-refractivity contribution in [1.29, 1.82) is 0 Å². The third-order valence-electron chi connectivity index (χ3n) is 8.25. The first-order valence-corrected chi connectivity index (χ1v) is 16.1. The van der Waals surface area contributed by atoms with Crippen LogP contribution in [0.1, 0.15) is 52.9 Å². The van der Waals surface area contributed by atoms with E-state index in [9.17, 15) is 5.11 Å². The Labute approximate surface area is 267 Å². The predicted octanol–water partition coefficient (Wildman–Crippen LogP) is 10.3. The number of benzene rings is 4. The molecule has 0 aliphatic carbocycles. The van der Waals surface area contributed by atoms with Crippen LogP contribution < -0.4 is 0 Å². The zero-order chi connectivity index (χ0) is 31.5. The molecule has 0 fully saturated rings. The van der Waals surface area contributed by atoms with E-state index in [1.165, 1.54) is 27.7 Å². The lowest BCUT2D eigenvalue weighted by Gasteiger charge is -2.20. The Morgan fingerprint density at radius 2 is 1.47 bits per heavy atom. The number of hydrogen-bond donors (Lipinski definition) is 1. The zero-order valence-corrected chi connectivity index (χ0v) is 27.3. The summed E-state index contributed by atoms with van der Waals surface area (Å²) in [5.74, 6) is 1.17. The number of pyridine rings is 1. The van der Waals surface area contributed by atoms with Gasteiger partial charge >= 0.3 is 0 Å². The van der Waals surface area contributed by atoms with Crippen LogP contribution in [0.4, 0.5) is 0 Å². The maximum Gasteiger partial charge on any atom is 0.176 e. The van der Waals surface area contributed by atoms with Gasteiger partial charge in [-0.1, -0.05) is 114 Å². The van der Waals surface area contributed by atoms with Crippen molar-refractivity contribution in [3.63, 3.8) is 0 Å². The number of hydrogen-bond acceptors (Lipinski definition) is 5. The second-order valence-corrected chi connectivity index (χ2v) is 14.6. The lowest BCUT2D eigenvalue weighted by atomic mass is 9.86. The van der Waals surface area contributed by atoms with Crippen LogP contribution in [0.2, 0.25) is 0 Å². The van der Waals surface area contributed by atoms with Crippen LogP contribution in [0, 0.1) is 0 Å². The Kier molecular flexibility index (Phi) is 6.86.